The van der Waals surface area contributed by atoms with Crippen molar-refractivity contribution < 1.29 is 4.39 Å². The molecular formula is C12H11FN4. The molecule has 0 aliphatic carbocycles. The number of aromatic nitrogens is 1. The fraction of sp³-hybridized carbons (Fsp3) is 0. The maximum atomic E-state index is 13.6. The highest BCUT2D eigenvalue weighted by molar-refractivity contribution is 6.15. The van der Waals surface area contributed by atoms with Gasteiger partial charge in [-0.3, -0.25) is 4.98 Å². The van der Waals surface area contributed by atoms with Crippen molar-refractivity contribution in [1.82, 2.24) is 4.98 Å². The monoisotopic (exact) mass is 230 g/mol. The van der Waals surface area contributed by atoms with Gasteiger partial charge >= 0.3 is 0 Å². The number of nitrogens with two attached hydrogens (primary N) is 2. The van der Waals surface area contributed by atoms with Crippen molar-refractivity contribution in [2.24, 2.45) is 10.9 Å². The van der Waals surface area contributed by atoms with Crippen molar-refractivity contribution in [3.8, 4) is 0 Å². The molecule has 1 heterocycles. The van der Waals surface area contributed by atoms with Gasteiger partial charge in [0, 0.05) is 29.2 Å². The van der Waals surface area contributed by atoms with E-state index in [0.717, 1.165) is 0 Å². The molecule has 0 aliphatic heterocycles. The van der Waals surface area contributed by atoms with Gasteiger partial charge in [0.25, 0.3) is 0 Å². The van der Waals surface area contributed by atoms with Crippen LogP contribution in [0.4, 0.5) is 10.1 Å². The molecule has 2 rings (SSSR count). The van der Waals surface area contributed by atoms with E-state index in [9.17, 15) is 4.39 Å². The fourth-order valence-corrected chi connectivity index (χ4v) is 1.54. The molecule has 17 heavy (non-hydrogen) atoms. The van der Waals surface area contributed by atoms with Crippen LogP contribution in [0.1, 0.15) is 11.1 Å². The van der Waals surface area contributed by atoms with Gasteiger partial charge in [-0.05, 0) is 18.2 Å². The van der Waals surface area contributed by atoms with Gasteiger partial charge in [-0.2, -0.15) is 5.10 Å². The summed E-state index contributed by atoms with van der Waals surface area (Å²) in [5, 5.41) is 3.61. The number of hydrogen-bond donors (Lipinski definition) is 2. The Hall–Kier alpha value is -2.43. The molecule has 2 aromatic rings. The van der Waals surface area contributed by atoms with Crippen LogP contribution in [0.2, 0.25) is 0 Å². The Balaban J connectivity index is 2.57. The molecule has 4 N–H and O–H groups in total. The van der Waals surface area contributed by atoms with Crippen molar-refractivity contribution in [3.63, 3.8) is 0 Å². The van der Waals surface area contributed by atoms with E-state index in [-0.39, 0.29) is 5.71 Å². The summed E-state index contributed by atoms with van der Waals surface area (Å²) in [6, 6.07) is 7.84. The number of nitrogens with zero attached hydrogens (tertiary/aromatic N) is 2. The van der Waals surface area contributed by atoms with E-state index in [4.69, 9.17) is 11.6 Å². The lowest BCUT2D eigenvalue weighted by atomic mass is 10.0. The summed E-state index contributed by atoms with van der Waals surface area (Å²) in [7, 11) is 0. The number of rotatable bonds is 2. The SMILES string of the molecule is N/N=C(/c1cnccc1N)c1ccccc1F. The highest BCUT2D eigenvalue weighted by Crippen LogP contribution is 2.17. The lowest BCUT2D eigenvalue weighted by molar-refractivity contribution is 0.625. The van der Waals surface area contributed by atoms with Gasteiger partial charge in [0.1, 0.15) is 11.5 Å². The molecule has 0 radical (unpaired) electrons. The van der Waals surface area contributed by atoms with Gasteiger partial charge in [-0.1, -0.05) is 12.1 Å². The van der Waals surface area contributed by atoms with E-state index in [2.05, 4.69) is 10.1 Å². The Kier molecular flexibility index (Phi) is 3.00. The maximum Gasteiger partial charge on any atom is 0.132 e. The third-order valence-electron chi connectivity index (χ3n) is 2.37. The molecule has 0 saturated heterocycles. The van der Waals surface area contributed by atoms with E-state index in [1.54, 1.807) is 30.5 Å². The fourth-order valence-electron chi connectivity index (χ4n) is 1.54. The molecule has 0 aliphatic rings. The minimum atomic E-state index is -0.403. The average molecular weight is 230 g/mol. The van der Waals surface area contributed by atoms with Gasteiger partial charge in [0.05, 0.1) is 0 Å². The zero-order chi connectivity index (χ0) is 12.3. The normalized spacial score (nSPS) is 11.5. The maximum absolute atomic E-state index is 13.6. The van der Waals surface area contributed by atoms with Gasteiger partial charge in [0.15, 0.2) is 0 Å². The minimum absolute atomic E-state index is 0.286. The second kappa shape index (κ2) is 4.61. The van der Waals surface area contributed by atoms with Crippen molar-refractivity contribution in [2.45, 2.75) is 0 Å². The van der Waals surface area contributed by atoms with E-state index < -0.39 is 5.82 Å². The highest BCUT2D eigenvalue weighted by atomic mass is 19.1. The Bertz CT molecular complexity index is 518. The van der Waals surface area contributed by atoms with Crippen LogP contribution in [0.3, 0.4) is 0 Å². The van der Waals surface area contributed by atoms with E-state index >= 15 is 0 Å². The van der Waals surface area contributed by atoms with Crippen LogP contribution in [0.5, 0.6) is 0 Å². The predicted molar refractivity (Wildman–Crippen MR) is 64.9 cm³/mol. The van der Waals surface area contributed by atoms with Crippen molar-refractivity contribution >= 4 is 11.4 Å². The molecule has 86 valence electrons. The Labute approximate surface area is 97.8 Å². The molecular weight excluding hydrogens is 219 g/mol. The van der Waals surface area contributed by atoms with Crippen molar-refractivity contribution in [3.05, 3.63) is 59.7 Å². The molecule has 0 spiro atoms. The lowest BCUT2D eigenvalue weighted by Crippen LogP contribution is -2.11. The van der Waals surface area contributed by atoms with Crippen molar-refractivity contribution in [1.29, 1.82) is 0 Å². The average Bonchev–Trinajstić information content (AvgIpc) is 2.34. The second-order valence-corrected chi connectivity index (χ2v) is 3.42. The number of halogens is 1. The molecule has 1 aromatic carbocycles. The number of hydrazone groups is 1. The number of benzene rings is 1. The Morgan fingerprint density at radius 1 is 1.18 bits per heavy atom. The van der Waals surface area contributed by atoms with Crippen LogP contribution in [-0.2, 0) is 0 Å². The Morgan fingerprint density at radius 2 is 1.94 bits per heavy atom. The third-order valence-corrected chi connectivity index (χ3v) is 2.37. The predicted octanol–water partition coefficient (Wildman–Crippen LogP) is 1.51. The summed E-state index contributed by atoms with van der Waals surface area (Å²) >= 11 is 0. The number of anilines is 1. The first-order chi connectivity index (χ1) is 8.24. The molecule has 0 saturated carbocycles. The van der Waals surface area contributed by atoms with E-state index in [0.29, 0.717) is 16.8 Å². The van der Waals surface area contributed by atoms with Gasteiger partial charge < -0.3 is 11.6 Å². The van der Waals surface area contributed by atoms with E-state index in [1.807, 2.05) is 0 Å². The summed E-state index contributed by atoms with van der Waals surface area (Å²) in [6.07, 6.45) is 3.06. The first kappa shape index (κ1) is 11.1. The number of pyridine rings is 1. The highest BCUT2D eigenvalue weighted by Gasteiger charge is 2.13. The Morgan fingerprint density at radius 3 is 2.59 bits per heavy atom. The second-order valence-electron chi connectivity index (χ2n) is 3.42. The smallest absolute Gasteiger partial charge is 0.132 e. The molecule has 0 atom stereocenters. The minimum Gasteiger partial charge on any atom is -0.398 e. The first-order valence-electron chi connectivity index (χ1n) is 4.96. The molecule has 0 bridgehead atoms. The summed E-state index contributed by atoms with van der Waals surface area (Å²) < 4.78 is 13.6. The quantitative estimate of drug-likeness (QED) is 0.466. The van der Waals surface area contributed by atoms with Crippen LogP contribution in [0, 0.1) is 5.82 Å². The molecule has 0 fully saturated rings. The van der Waals surface area contributed by atoms with Gasteiger partial charge in [0.2, 0.25) is 0 Å². The number of nitrogen functional groups attached to an aromatic ring is 1. The largest absolute Gasteiger partial charge is 0.398 e. The van der Waals surface area contributed by atoms with Crippen LogP contribution in [0.15, 0.2) is 47.8 Å². The zero-order valence-corrected chi connectivity index (χ0v) is 8.97. The molecule has 1 aromatic heterocycles. The van der Waals surface area contributed by atoms with E-state index in [1.165, 1.54) is 12.3 Å². The van der Waals surface area contributed by atoms with Gasteiger partial charge in [-0.15, -0.1) is 0 Å². The van der Waals surface area contributed by atoms with Crippen LogP contribution < -0.4 is 11.6 Å². The molecule has 0 amide bonds. The summed E-state index contributed by atoms with van der Waals surface area (Å²) in [6.45, 7) is 0. The lowest BCUT2D eigenvalue weighted by Gasteiger charge is -2.08. The van der Waals surface area contributed by atoms with Crippen LogP contribution in [-0.4, -0.2) is 10.7 Å². The third kappa shape index (κ3) is 2.08. The molecule has 4 nitrogen and oxygen atoms in total. The topological polar surface area (TPSA) is 77.3 Å². The summed E-state index contributed by atoms with van der Waals surface area (Å²) in [4.78, 5) is 3.93. The summed E-state index contributed by atoms with van der Waals surface area (Å²) in [5.74, 6) is 4.91. The standard InChI is InChI=1S/C12H11FN4/c13-10-4-2-1-3-8(10)12(17-15)9-7-16-6-5-11(9)14/h1-7H,15H2,(H2,14,16)/b17-12+. The van der Waals surface area contributed by atoms with Crippen molar-refractivity contribution in [2.75, 3.05) is 5.73 Å². The van der Waals surface area contributed by atoms with Crippen LogP contribution >= 0.6 is 0 Å². The first-order valence-corrected chi connectivity index (χ1v) is 4.96. The zero-order valence-electron chi connectivity index (χ0n) is 8.97. The van der Waals surface area contributed by atoms with Crippen LogP contribution in [0.25, 0.3) is 0 Å². The molecule has 5 heteroatoms. The van der Waals surface area contributed by atoms with Gasteiger partial charge in [-0.25, -0.2) is 4.39 Å². The summed E-state index contributed by atoms with van der Waals surface area (Å²) in [5.41, 5.74) is 7.34. The number of hydrogen-bond acceptors (Lipinski definition) is 4. The molecule has 0 unspecified atom stereocenters.